The van der Waals surface area contributed by atoms with Crippen molar-refractivity contribution in [2.45, 2.75) is 114 Å². The molecule has 1 aliphatic rings. The van der Waals surface area contributed by atoms with Crippen LogP contribution in [-0.2, 0) is 29.1 Å². The fraction of sp³-hybridized carbons (Fsp3) is 0.875. The number of esters is 1. The highest BCUT2D eigenvalue weighted by molar-refractivity contribution is 7.85. The molecule has 212 valence electrons. The van der Waals surface area contributed by atoms with E-state index in [4.69, 9.17) is 18.8 Å². The second-order valence-electron chi connectivity index (χ2n) is 9.21. The summed E-state index contributed by atoms with van der Waals surface area (Å²) in [5, 5.41) is 39.6. The maximum absolute atomic E-state index is 11.8. The van der Waals surface area contributed by atoms with Crippen molar-refractivity contribution in [3.63, 3.8) is 0 Å². The normalized spacial score (nSPS) is 25.8. The molecule has 0 bridgehead atoms. The van der Waals surface area contributed by atoms with Gasteiger partial charge in [0.25, 0.3) is 10.1 Å². The summed E-state index contributed by atoms with van der Waals surface area (Å²) >= 11 is 0. The largest absolute Gasteiger partial charge is 0.463 e. The van der Waals surface area contributed by atoms with E-state index in [0.717, 1.165) is 19.3 Å². The highest BCUT2D eigenvalue weighted by atomic mass is 32.2. The number of rotatable bonds is 19. The van der Waals surface area contributed by atoms with E-state index < -0.39 is 65.3 Å². The number of ether oxygens (including phenoxy) is 3. The predicted octanol–water partition coefficient (Wildman–Crippen LogP) is 1.47. The summed E-state index contributed by atoms with van der Waals surface area (Å²) in [6.07, 6.45) is 5.97. The van der Waals surface area contributed by atoms with Gasteiger partial charge in [-0.05, 0) is 32.1 Å². The smallest absolute Gasteiger partial charge is 0.305 e. The van der Waals surface area contributed by atoms with E-state index in [1.807, 2.05) is 0 Å². The van der Waals surface area contributed by atoms with Crippen molar-refractivity contribution in [3.8, 4) is 0 Å². The molecule has 1 rings (SSSR count). The molecule has 1 heterocycles. The molecule has 0 aromatic heterocycles. The lowest BCUT2D eigenvalue weighted by atomic mass is 10.00. The lowest BCUT2D eigenvalue weighted by Gasteiger charge is -2.40. The van der Waals surface area contributed by atoms with Crippen LogP contribution in [0.4, 0.5) is 0 Å². The zero-order chi connectivity index (χ0) is 27.0. The Labute approximate surface area is 214 Å². The Morgan fingerprint density at radius 3 is 2.17 bits per heavy atom. The zero-order valence-corrected chi connectivity index (χ0v) is 21.9. The van der Waals surface area contributed by atoms with Gasteiger partial charge in [0.05, 0.1) is 6.61 Å². The van der Waals surface area contributed by atoms with Crippen LogP contribution < -0.4 is 0 Å². The SMILES string of the molecule is CCCCCCCC/C=C\CCCCC(=O)OCC(O)CO[C@H]1O[C@H](CS(=O)(=O)O)[C@@H](O)[C@H](O)[C@H]1O. The van der Waals surface area contributed by atoms with Gasteiger partial charge in [-0.1, -0.05) is 51.2 Å². The van der Waals surface area contributed by atoms with Crippen molar-refractivity contribution in [1.82, 2.24) is 0 Å². The molecule has 0 saturated carbocycles. The Bertz CT molecular complexity index is 728. The van der Waals surface area contributed by atoms with Crippen LogP contribution in [0, 0.1) is 0 Å². The molecular formula is C24H44O11S. The van der Waals surface area contributed by atoms with Gasteiger partial charge in [0.2, 0.25) is 0 Å². The first-order valence-electron chi connectivity index (χ1n) is 12.8. The van der Waals surface area contributed by atoms with Gasteiger partial charge in [0.15, 0.2) is 6.29 Å². The number of carbonyl (C=O) groups is 1. The molecule has 0 aliphatic carbocycles. The van der Waals surface area contributed by atoms with Gasteiger partial charge in [0, 0.05) is 6.42 Å². The lowest BCUT2D eigenvalue weighted by Crippen LogP contribution is -2.60. The Morgan fingerprint density at radius 1 is 0.917 bits per heavy atom. The third-order valence-electron chi connectivity index (χ3n) is 5.83. The van der Waals surface area contributed by atoms with Gasteiger partial charge >= 0.3 is 5.97 Å². The van der Waals surface area contributed by atoms with Gasteiger partial charge in [0.1, 0.15) is 42.9 Å². The molecule has 1 unspecified atom stereocenters. The highest BCUT2D eigenvalue weighted by Gasteiger charge is 2.45. The number of aliphatic hydroxyl groups is 4. The Hall–Kier alpha value is -1.12. The molecule has 11 nitrogen and oxygen atoms in total. The minimum atomic E-state index is -4.54. The maximum Gasteiger partial charge on any atom is 0.305 e. The van der Waals surface area contributed by atoms with E-state index in [2.05, 4.69) is 19.1 Å². The molecule has 0 amide bonds. The minimum absolute atomic E-state index is 0.213. The molecule has 5 N–H and O–H groups in total. The van der Waals surface area contributed by atoms with E-state index in [9.17, 15) is 33.6 Å². The van der Waals surface area contributed by atoms with E-state index >= 15 is 0 Å². The van der Waals surface area contributed by atoms with Crippen LogP contribution in [0.5, 0.6) is 0 Å². The van der Waals surface area contributed by atoms with Crippen LogP contribution in [0.1, 0.15) is 77.6 Å². The van der Waals surface area contributed by atoms with Crippen LogP contribution in [-0.4, -0.2) is 95.1 Å². The average molecular weight is 541 g/mol. The fourth-order valence-electron chi connectivity index (χ4n) is 3.72. The monoisotopic (exact) mass is 540 g/mol. The zero-order valence-electron chi connectivity index (χ0n) is 21.1. The first-order valence-corrected chi connectivity index (χ1v) is 14.4. The molecule has 0 radical (unpaired) electrons. The average Bonchev–Trinajstić information content (AvgIpc) is 2.82. The number of hydrogen-bond donors (Lipinski definition) is 5. The van der Waals surface area contributed by atoms with E-state index in [1.54, 1.807) is 0 Å². The number of carbonyl (C=O) groups excluding carboxylic acids is 1. The van der Waals surface area contributed by atoms with Crippen LogP contribution in [0.3, 0.4) is 0 Å². The molecule has 1 fully saturated rings. The van der Waals surface area contributed by atoms with Gasteiger partial charge in [-0.3, -0.25) is 9.35 Å². The molecule has 0 aromatic carbocycles. The number of allylic oxidation sites excluding steroid dienone is 2. The van der Waals surface area contributed by atoms with Crippen molar-refractivity contribution < 1.29 is 52.4 Å². The summed E-state index contributed by atoms with van der Waals surface area (Å²) in [6, 6.07) is 0. The predicted molar refractivity (Wildman–Crippen MR) is 132 cm³/mol. The second-order valence-corrected chi connectivity index (χ2v) is 10.7. The van der Waals surface area contributed by atoms with E-state index in [1.165, 1.54) is 38.5 Å². The van der Waals surface area contributed by atoms with Gasteiger partial charge < -0.3 is 34.6 Å². The van der Waals surface area contributed by atoms with Gasteiger partial charge in [-0.25, -0.2) is 0 Å². The molecular weight excluding hydrogens is 496 g/mol. The first-order chi connectivity index (χ1) is 17.0. The fourth-order valence-corrected chi connectivity index (χ4v) is 4.42. The van der Waals surface area contributed by atoms with Crippen molar-refractivity contribution in [2.75, 3.05) is 19.0 Å². The molecule has 6 atom stereocenters. The summed E-state index contributed by atoms with van der Waals surface area (Å²) in [7, 11) is -4.54. The van der Waals surface area contributed by atoms with Gasteiger partial charge in [-0.15, -0.1) is 0 Å². The van der Waals surface area contributed by atoms with E-state index in [-0.39, 0.29) is 13.0 Å². The summed E-state index contributed by atoms with van der Waals surface area (Å²) in [5.74, 6) is -1.49. The number of aliphatic hydroxyl groups excluding tert-OH is 4. The topological polar surface area (TPSA) is 180 Å². The molecule has 0 spiro atoms. The van der Waals surface area contributed by atoms with Crippen LogP contribution in [0.25, 0.3) is 0 Å². The molecule has 1 aliphatic heterocycles. The van der Waals surface area contributed by atoms with E-state index in [0.29, 0.717) is 6.42 Å². The summed E-state index contributed by atoms with van der Waals surface area (Å²) in [6.45, 7) is 1.39. The maximum atomic E-state index is 11.8. The Kier molecular flexibility index (Phi) is 16.6. The second kappa shape index (κ2) is 18.2. The molecule has 1 saturated heterocycles. The van der Waals surface area contributed by atoms with Crippen molar-refractivity contribution in [3.05, 3.63) is 12.2 Å². The van der Waals surface area contributed by atoms with Crippen molar-refractivity contribution in [1.29, 1.82) is 0 Å². The van der Waals surface area contributed by atoms with Crippen LogP contribution >= 0.6 is 0 Å². The van der Waals surface area contributed by atoms with Crippen molar-refractivity contribution >= 4 is 16.1 Å². The quantitative estimate of drug-likeness (QED) is 0.0693. The van der Waals surface area contributed by atoms with Crippen LogP contribution in [0.15, 0.2) is 12.2 Å². The van der Waals surface area contributed by atoms with Crippen molar-refractivity contribution in [2.24, 2.45) is 0 Å². The number of hydrogen-bond acceptors (Lipinski definition) is 10. The molecule has 12 heteroatoms. The Morgan fingerprint density at radius 2 is 1.53 bits per heavy atom. The standard InChI is InChI=1S/C24H44O11S/c1-2-3-4-5-6-7-8-9-10-11-12-13-14-20(26)33-15-18(25)16-34-24-23(29)22(28)21(27)19(35-24)17-36(30,31)32/h9-10,18-19,21-25,27-29H,2-8,11-17H2,1H3,(H,30,31,32)/b10-9-/t18?,19-,21-,22+,23-,24+/m1/s1. The summed E-state index contributed by atoms with van der Waals surface area (Å²) < 4.78 is 46.3. The minimum Gasteiger partial charge on any atom is -0.463 e. The Balaban J connectivity index is 2.17. The molecule has 36 heavy (non-hydrogen) atoms. The third kappa shape index (κ3) is 14.6. The highest BCUT2D eigenvalue weighted by Crippen LogP contribution is 2.23. The molecule has 0 aromatic rings. The van der Waals surface area contributed by atoms with Gasteiger partial charge in [-0.2, -0.15) is 8.42 Å². The first kappa shape index (κ1) is 32.9. The lowest BCUT2D eigenvalue weighted by molar-refractivity contribution is -0.296. The summed E-state index contributed by atoms with van der Waals surface area (Å²) in [5.41, 5.74) is 0. The summed E-state index contributed by atoms with van der Waals surface area (Å²) in [4.78, 5) is 11.8. The number of unbranched alkanes of at least 4 members (excludes halogenated alkanes) is 8. The van der Waals surface area contributed by atoms with Crippen LogP contribution in [0.2, 0.25) is 0 Å². The third-order valence-corrected chi connectivity index (χ3v) is 6.58.